The van der Waals surface area contributed by atoms with Crippen molar-refractivity contribution in [1.29, 1.82) is 0 Å². The van der Waals surface area contributed by atoms with Crippen LogP contribution in [0.25, 0.3) is 0 Å². The molecule has 2 aromatic rings. The Morgan fingerprint density at radius 2 is 2.18 bits per heavy atom. The first-order chi connectivity index (χ1) is 8.20. The molecule has 1 heterocycles. The van der Waals surface area contributed by atoms with E-state index in [1.165, 1.54) is 23.0 Å². The van der Waals surface area contributed by atoms with Crippen molar-refractivity contribution < 1.29 is 4.39 Å². The minimum Gasteiger partial charge on any atom is -0.326 e. The summed E-state index contributed by atoms with van der Waals surface area (Å²) in [6.07, 6.45) is 1.54. The van der Waals surface area contributed by atoms with E-state index in [1.54, 1.807) is 18.2 Å². The van der Waals surface area contributed by atoms with Crippen molar-refractivity contribution in [2.45, 2.75) is 13.1 Å². The lowest BCUT2D eigenvalue weighted by molar-refractivity contribution is 0.603. The number of hydrogen-bond donors (Lipinski definition) is 1. The highest BCUT2D eigenvalue weighted by atomic mass is 19.1. The van der Waals surface area contributed by atoms with Crippen molar-refractivity contribution in [3.8, 4) is 0 Å². The van der Waals surface area contributed by atoms with Gasteiger partial charge in [0.2, 0.25) is 0 Å². The van der Waals surface area contributed by atoms with Gasteiger partial charge in [-0.15, -0.1) is 0 Å². The number of rotatable bonds is 3. The summed E-state index contributed by atoms with van der Waals surface area (Å²) in [4.78, 5) is 11.4. The van der Waals surface area contributed by atoms with Gasteiger partial charge in [0.15, 0.2) is 0 Å². The maximum absolute atomic E-state index is 13.2. The summed E-state index contributed by atoms with van der Waals surface area (Å²) in [6.45, 7) is 0.448. The SMILES string of the molecule is NCc1cc(Cn2ncccc2=O)ccc1F. The Morgan fingerprint density at radius 3 is 2.88 bits per heavy atom. The zero-order valence-corrected chi connectivity index (χ0v) is 9.14. The molecule has 0 fully saturated rings. The second kappa shape index (κ2) is 4.88. The molecule has 0 aliphatic carbocycles. The van der Waals surface area contributed by atoms with Gasteiger partial charge >= 0.3 is 0 Å². The summed E-state index contributed by atoms with van der Waals surface area (Å²) in [6, 6.07) is 7.63. The lowest BCUT2D eigenvalue weighted by atomic mass is 10.1. The van der Waals surface area contributed by atoms with Crippen LogP contribution in [0.15, 0.2) is 41.3 Å². The van der Waals surface area contributed by atoms with Gasteiger partial charge in [0.1, 0.15) is 5.82 Å². The Kier molecular flexibility index (Phi) is 3.30. The van der Waals surface area contributed by atoms with E-state index in [9.17, 15) is 9.18 Å². The van der Waals surface area contributed by atoms with Crippen LogP contribution in [0.5, 0.6) is 0 Å². The van der Waals surface area contributed by atoms with Gasteiger partial charge in [-0.1, -0.05) is 6.07 Å². The molecule has 0 spiro atoms. The van der Waals surface area contributed by atoms with Crippen LogP contribution >= 0.6 is 0 Å². The molecule has 88 valence electrons. The Bertz CT molecular complexity index is 580. The molecule has 5 heteroatoms. The van der Waals surface area contributed by atoms with Crippen LogP contribution < -0.4 is 11.3 Å². The number of nitrogens with zero attached hydrogens (tertiary/aromatic N) is 2. The Hall–Kier alpha value is -2.01. The predicted octanol–water partition coefficient (Wildman–Crippen LogP) is 0.889. The fourth-order valence-corrected chi connectivity index (χ4v) is 1.56. The third-order valence-corrected chi connectivity index (χ3v) is 2.45. The predicted molar refractivity (Wildman–Crippen MR) is 61.9 cm³/mol. The molecule has 0 radical (unpaired) electrons. The molecular weight excluding hydrogens is 221 g/mol. The van der Waals surface area contributed by atoms with E-state index < -0.39 is 0 Å². The van der Waals surface area contributed by atoms with Gasteiger partial charge in [-0.25, -0.2) is 9.07 Å². The molecule has 17 heavy (non-hydrogen) atoms. The summed E-state index contributed by atoms with van der Waals surface area (Å²) in [5, 5.41) is 3.93. The quantitative estimate of drug-likeness (QED) is 0.856. The molecule has 4 nitrogen and oxygen atoms in total. The zero-order chi connectivity index (χ0) is 12.3. The molecule has 0 amide bonds. The van der Waals surface area contributed by atoms with Gasteiger partial charge in [0, 0.05) is 24.4 Å². The highest BCUT2D eigenvalue weighted by Crippen LogP contribution is 2.10. The van der Waals surface area contributed by atoms with Crippen LogP contribution in [0.1, 0.15) is 11.1 Å². The molecule has 0 aliphatic heterocycles. The highest BCUT2D eigenvalue weighted by Gasteiger charge is 2.03. The van der Waals surface area contributed by atoms with Gasteiger partial charge in [0.25, 0.3) is 5.56 Å². The molecule has 0 bridgehead atoms. The number of halogens is 1. The van der Waals surface area contributed by atoms with Gasteiger partial charge in [0.05, 0.1) is 6.54 Å². The maximum atomic E-state index is 13.2. The fraction of sp³-hybridized carbons (Fsp3) is 0.167. The van der Waals surface area contributed by atoms with Gasteiger partial charge in [-0.2, -0.15) is 5.10 Å². The molecule has 0 atom stereocenters. The molecule has 0 saturated heterocycles. The molecule has 2 rings (SSSR count). The van der Waals surface area contributed by atoms with Gasteiger partial charge in [-0.05, 0) is 23.8 Å². The molecule has 0 unspecified atom stereocenters. The summed E-state index contributed by atoms with van der Waals surface area (Å²) in [7, 11) is 0. The first-order valence-electron chi connectivity index (χ1n) is 5.20. The van der Waals surface area contributed by atoms with Gasteiger partial charge in [-0.3, -0.25) is 4.79 Å². The van der Waals surface area contributed by atoms with E-state index >= 15 is 0 Å². The van der Waals surface area contributed by atoms with Gasteiger partial charge < -0.3 is 5.73 Å². The van der Waals surface area contributed by atoms with E-state index in [-0.39, 0.29) is 17.9 Å². The van der Waals surface area contributed by atoms with Crippen LogP contribution in [0.3, 0.4) is 0 Å². The summed E-state index contributed by atoms with van der Waals surface area (Å²) < 4.78 is 14.5. The van der Waals surface area contributed by atoms with Crippen LogP contribution in [0.4, 0.5) is 4.39 Å². The average Bonchev–Trinajstić information content (AvgIpc) is 2.34. The molecule has 0 saturated carbocycles. The van der Waals surface area contributed by atoms with Crippen molar-refractivity contribution >= 4 is 0 Å². The monoisotopic (exact) mass is 233 g/mol. The van der Waals surface area contributed by atoms with Crippen LogP contribution in [-0.2, 0) is 13.1 Å². The third kappa shape index (κ3) is 2.57. The number of nitrogens with two attached hydrogens (primary N) is 1. The summed E-state index contributed by atoms with van der Waals surface area (Å²) in [5.74, 6) is -0.329. The molecule has 1 aromatic heterocycles. The van der Waals surface area contributed by atoms with Crippen molar-refractivity contribution in [1.82, 2.24) is 9.78 Å². The van der Waals surface area contributed by atoms with E-state index in [2.05, 4.69) is 5.10 Å². The first kappa shape index (κ1) is 11.5. The normalized spacial score (nSPS) is 10.5. The van der Waals surface area contributed by atoms with E-state index in [4.69, 9.17) is 5.73 Å². The van der Waals surface area contributed by atoms with Crippen molar-refractivity contribution in [3.63, 3.8) is 0 Å². The fourth-order valence-electron chi connectivity index (χ4n) is 1.56. The Balaban J connectivity index is 2.31. The number of hydrogen-bond acceptors (Lipinski definition) is 3. The summed E-state index contributed by atoms with van der Waals surface area (Å²) >= 11 is 0. The first-order valence-corrected chi connectivity index (χ1v) is 5.20. The topological polar surface area (TPSA) is 60.9 Å². The molecular formula is C12H12FN3O. The minimum atomic E-state index is -0.329. The Labute approximate surface area is 97.5 Å². The number of benzene rings is 1. The second-order valence-corrected chi connectivity index (χ2v) is 3.65. The smallest absolute Gasteiger partial charge is 0.267 e. The molecule has 2 N–H and O–H groups in total. The van der Waals surface area contributed by atoms with Crippen molar-refractivity contribution in [2.75, 3.05) is 0 Å². The second-order valence-electron chi connectivity index (χ2n) is 3.65. The average molecular weight is 233 g/mol. The highest BCUT2D eigenvalue weighted by molar-refractivity contribution is 5.25. The molecule has 0 aliphatic rings. The van der Waals surface area contributed by atoms with Crippen molar-refractivity contribution in [3.05, 3.63) is 63.8 Å². The summed E-state index contributed by atoms with van der Waals surface area (Å²) in [5.41, 5.74) is 6.47. The van der Waals surface area contributed by atoms with Crippen LogP contribution in [0, 0.1) is 5.82 Å². The zero-order valence-electron chi connectivity index (χ0n) is 9.14. The maximum Gasteiger partial charge on any atom is 0.267 e. The number of aromatic nitrogens is 2. The standard InChI is InChI=1S/C12H12FN3O/c13-11-4-3-9(6-10(11)7-14)8-16-12(17)2-1-5-15-16/h1-6H,7-8,14H2. The largest absolute Gasteiger partial charge is 0.326 e. The lowest BCUT2D eigenvalue weighted by Crippen LogP contribution is -2.21. The lowest BCUT2D eigenvalue weighted by Gasteiger charge is -2.06. The minimum absolute atomic E-state index is 0.136. The Morgan fingerprint density at radius 1 is 1.35 bits per heavy atom. The van der Waals surface area contributed by atoms with Crippen LogP contribution in [0.2, 0.25) is 0 Å². The van der Waals surface area contributed by atoms with E-state index in [0.717, 1.165) is 5.56 Å². The van der Waals surface area contributed by atoms with Crippen molar-refractivity contribution in [2.24, 2.45) is 5.73 Å². The third-order valence-electron chi connectivity index (χ3n) is 2.45. The van der Waals surface area contributed by atoms with Crippen LogP contribution in [-0.4, -0.2) is 9.78 Å². The van der Waals surface area contributed by atoms with E-state index in [1.807, 2.05) is 0 Å². The van der Waals surface area contributed by atoms with E-state index in [0.29, 0.717) is 12.1 Å². The molecule has 1 aromatic carbocycles.